The van der Waals surface area contributed by atoms with Gasteiger partial charge in [0.25, 0.3) is 0 Å². The number of benzene rings is 3. The van der Waals surface area contributed by atoms with Crippen LogP contribution in [-0.4, -0.2) is 37.6 Å². The molecule has 1 amide bonds. The monoisotopic (exact) mass is 462 g/mol. The molecule has 8 heteroatoms. The highest BCUT2D eigenvalue weighted by molar-refractivity contribution is 7.89. The molecular formula is C25H26N4O3S. The standard InChI is InChI=1S/C25H26N4O3S/c26-24(27)21-8-4-7-20(16-21)17-29-14-13-23(25(29)30)28-33(31,32)22-11-9-19(10-12-22)15-18-5-2-1-3-6-18/h1-12,16,23,28H,13-15,17H2,(H3,26,27)/t23-/m0/s1. The molecular weight excluding hydrogens is 436 g/mol. The predicted molar refractivity (Wildman–Crippen MR) is 127 cm³/mol. The zero-order chi connectivity index (χ0) is 23.4. The fraction of sp³-hybridized carbons (Fsp3) is 0.200. The summed E-state index contributed by atoms with van der Waals surface area (Å²) in [4.78, 5) is 14.6. The van der Waals surface area contributed by atoms with Crippen molar-refractivity contribution in [1.29, 1.82) is 5.41 Å². The Hall–Kier alpha value is -3.49. The topological polar surface area (TPSA) is 116 Å². The van der Waals surface area contributed by atoms with Crippen molar-refractivity contribution in [2.75, 3.05) is 6.54 Å². The maximum Gasteiger partial charge on any atom is 0.241 e. The van der Waals surface area contributed by atoms with E-state index in [-0.39, 0.29) is 16.6 Å². The number of nitrogens with zero attached hydrogens (tertiary/aromatic N) is 1. The lowest BCUT2D eigenvalue weighted by molar-refractivity contribution is -0.129. The van der Waals surface area contributed by atoms with Gasteiger partial charge in [-0.25, -0.2) is 8.42 Å². The van der Waals surface area contributed by atoms with Crippen LogP contribution in [0.2, 0.25) is 0 Å². The summed E-state index contributed by atoms with van der Waals surface area (Å²) >= 11 is 0. The lowest BCUT2D eigenvalue weighted by Crippen LogP contribution is -2.41. The zero-order valence-corrected chi connectivity index (χ0v) is 18.9. The van der Waals surface area contributed by atoms with Crippen molar-refractivity contribution in [1.82, 2.24) is 9.62 Å². The van der Waals surface area contributed by atoms with E-state index in [2.05, 4.69) is 4.72 Å². The number of likely N-dealkylation sites (tertiary alicyclic amines) is 1. The van der Waals surface area contributed by atoms with Gasteiger partial charge in [-0.3, -0.25) is 10.2 Å². The first-order valence-electron chi connectivity index (χ1n) is 10.7. The van der Waals surface area contributed by atoms with Gasteiger partial charge < -0.3 is 10.6 Å². The third-order valence-electron chi connectivity index (χ3n) is 5.69. The maximum absolute atomic E-state index is 12.9. The van der Waals surface area contributed by atoms with Crippen LogP contribution in [-0.2, 0) is 27.8 Å². The number of sulfonamides is 1. The smallest absolute Gasteiger partial charge is 0.241 e. The van der Waals surface area contributed by atoms with E-state index in [4.69, 9.17) is 11.1 Å². The molecule has 0 unspecified atom stereocenters. The summed E-state index contributed by atoms with van der Waals surface area (Å²) in [6.07, 6.45) is 1.12. The normalized spacial score (nSPS) is 16.2. The van der Waals surface area contributed by atoms with Crippen molar-refractivity contribution >= 4 is 21.8 Å². The average molecular weight is 463 g/mol. The Morgan fingerprint density at radius 3 is 2.33 bits per heavy atom. The van der Waals surface area contributed by atoms with Gasteiger partial charge in [-0.2, -0.15) is 4.72 Å². The summed E-state index contributed by atoms with van der Waals surface area (Å²) in [7, 11) is -3.82. The van der Waals surface area contributed by atoms with Gasteiger partial charge in [-0.05, 0) is 47.7 Å². The van der Waals surface area contributed by atoms with E-state index in [0.29, 0.717) is 25.1 Å². The summed E-state index contributed by atoms with van der Waals surface area (Å²) in [6.45, 7) is 0.790. The summed E-state index contributed by atoms with van der Waals surface area (Å²) in [5.41, 5.74) is 9.13. The van der Waals surface area contributed by atoms with E-state index in [1.54, 1.807) is 47.4 Å². The Morgan fingerprint density at radius 2 is 1.64 bits per heavy atom. The third-order valence-corrected chi connectivity index (χ3v) is 7.18. The van der Waals surface area contributed by atoms with Crippen molar-refractivity contribution in [3.8, 4) is 0 Å². The summed E-state index contributed by atoms with van der Waals surface area (Å²) in [5, 5.41) is 7.56. The number of hydrogen-bond acceptors (Lipinski definition) is 4. The minimum absolute atomic E-state index is 0.0370. The number of nitrogens with two attached hydrogens (primary N) is 1. The zero-order valence-electron chi connectivity index (χ0n) is 18.1. The molecule has 1 aliphatic rings. The van der Waals surface area contributed by atoms with Crippen molar-refractivity contribution < 1.29 is 13.2 Å². The molecule has 0 spiro atoms. The molecule has 33 heavy (non-hydrogen) atoms. The van der Waals surface area contributed by atoms with Crippen LogP contribution in [0.1, 0.15) is 28.7 Å². The molecule has 1 heterocycles. The van der Waals surface area contributed by atoms with Gasteiger partial charge in [0, 0.05) is 18.7 Å². The fourth-order valence-electron chi connectivity index (χ4n) is 3.94. The second-order valence-electron chi connectivity index (χ2n) is 8.14. The lowest BCUT2D eigenvalue weighted by atomic mass is 10.1. The molecule has 0 saturated carbocycles. The summed E-state index contributed by atoms with van der Waals surface area (Å²) < 4.78 is 28.3. The van der Waals surface area contributed by atoms with Crippen molar-refractivity contribution in [3.63, 3.8) is 0 Å². The number of hydrogen-bond donors (Lipinski definition) is 3. The highest BCUT2D eigenvalue weighted by Crippen LogP contribution is 2.19. The highest BCUT2D eigenvalue weighted by atomic mass is 32.2. The van der Waals surface area contributed by atoms with E-state index in [9.17, 15) is 13.2 Å². The maximum atomic E-state index is 12.9. The minimum Gasteiger partial charge on any atom is -0.384 e. The first-order valence-corrected chi connectivity index (χ1v) is 12.2. The molecule has 4 rings (SSSR count). The van der Waals surface area contributed by atoms with Crippen molar-refractivity contribution in [2.24, 2.45) is 5.73 Å². The first kappa shape index (κ1) is 22.7. The number of amides is 1. The van der Waals surface area contributed by atoms with E-state index in [1.165, 1.54) is 0 Å². The molecule has 0 aromatic heterocycles. The summed E-state index contributed by atoms with van der Waals surface area (Å²) in [6, 6.07) is 23.1. The number of rotatable bonds is 8. The van der Waals surface area contributed by atoms with E-state index < -0.39 is 16.1 Å². The Labute approximate surface area is 193 Å². The Bertz CT molecular complexity index is 1260. The Kier molecular flexibility index (Phi) is 6.57. The average Bonchev–Trinajstić information content (AvgIpc) is 3.13. The van der Waals surface area contributed by atoms with E-state index in [1.807, 2.05) is 36.4 Å². The Morgan fingerprint density at radius 1 is 0.970 bits per heavy atom. The molecule has 7 nitrogen and oxygen atoms in total. The van der Waals surface area contributed by atoms with Crippen LogP contribution >= 0.6 is 0 Å². The lowest BCUT2D eigenvalue weighted by Gasteiger charge is -2.18. The van der Waals surface area contributed by atoms with Gasteiger partial charge in [-0.1, -0.05) is 60.7 Å². The minimum atomic E-state index is -3.82. The molecule has 1 fully saturated rings. The van der Waals surface area contributed by atoms with Gasteiger partial charge in [0.2, 0.25) is 15.9 Å². The van der Waals surface area contributed by atoms with Gasteiger partial charge in [0.1, 0.15) is 11.9 Å². The van der Waals surface area contributed by atoms with Crippen molar-refractivity contribution in [3.05, 3.63) is 101 Å². The van der Waals surface area contributed by atoms with Gasteiger partial charge in [0.05, 0.1) is 4.90 Å². The van der Waals surface area contributed by atoms with Crippen molar-refractivity contribution in [2.45, 2.75) is 30.3 Å². The second-order valence-corrected chi connectivity index (χ2v) is 9.86. The van der Waals surface area contributed by atoms with Crippen LogP contribution in [0.25, 0.3) is 0 Å². The number of nitrogen functional groups attached to an aromatic ring is 1. The number of amidine groups is 1. The van der Waals surface area contributed by atoms with Gasteiger partial charge in [-0.15, -0.1) is 0 Å². The van der Waals surface area contributed by atoms with Crippen LogP contribution in [0.3, 0.4) is 0 Å². The van der Waals surface area contributed by atoms with Gasteiger partial charge >= 0.3 is 0 Å². The largest absolute Gasteiger partial charge is 0.384 e. The predicted octanol–water partition coefficient (Wildman–Crippen LogP) is 2.64. The Balaban J connectivity index is 1.39. The van der Waals surface area contributed by atoms with Crippen LogP contribution in [0.5, 0.6) is 0 Å². The molecule has 0 bridgehead atoms. The quantitative estimate of drug-likeness (QED) is 0.352. The highest BCUT2D eigenvalue weighted by Gasteiger charge is 2.34. The van der Waals surface area contributed by atoms with E-state index in [0.717, 1.165) is 23.1 Å². The van der Waals surface area contributed by atoms with Gasteiger partial charge in [0.15, 0.2) is 0 Å². The van der Waals surface area contributed by atoms with Crippen LogP contribution in [0.15, 0.2) is 83.8 Å². The number of carbonyl (C=O) groups is 1. The molecule has 170 valence electrons. The van der Waals surface area contributed by atoms with Crippen LogP contribution in [0.4, 0.5) is 0 Å². The molecule has 1 atom stereocenters. The SMILES string of the molecule is N=C(N)c1cccc(CN2CC[C@H](NS(=O)(=O)c3ccc(Cc4ccccc4)cc3)C2=O)c1. The molecule has 0 aliphatic carbocycles. The third kappa shape index (κ3) is 5.47. The van der Waals surface area contributed by atoms with E-state index >= 15 is 0 Å². The molecule has 0 radical (unpaired) electrons. The molecule has 1 saturated heterocycles. The van der Waals surface area contributed by atoms with Crippen LogP contribution in [0, 0.1) is 5.41 Å². The molecule has 1 aliphatic heterocycles. The molecule has 3 aromatic rings. The summed E-state index contributed by atoms with van der Waals surface area (Å²) in [5.74, 6) is -0.294. The fourth-order valence-corrected chi connectivity index (χ4v) is 5.16. The first-order chi connectivity index (χ1) is 15.8. The van der Waals surface area contributed by atoms with Crippen LogP contribution < -0.4 is 10.5 Å². The number of carbonyl (C=O) groups excluding carboxylic acids is 1. The number of nitrogens with one attached hydrogen (secondary N) is 2. The second kappa shape index (κ2) is 9.56. The molecule has 3 aromatic carbocycles. The molecule has 4 N–H and O–H groups in total.